The molecule has 1 fully saturated rings. The van der Waals surface area contributed by atoms with E-state index in [0.29, 0.717) is 18.0 Å². The molecule has 1 atom stereocenters. The highest BCUT2D eigenvalue weighted by Crippen LogP contribution is 2.22. The summed E-state index contributed by atoms with van der Waals surface area (Å²) in [6.07, 6.45) is 0.0179. The number of morpholine rings is 1. The number of hydrogen-bond donors (Lipinski definition) is 0. The van der Waals surface area contributed by atoms with Crippen LogP contribution < -0.4 is 0 Å². The summed E-state index contributed by atoms with van der Waals surface area (Å²) >= 11 is 0. The van der Waals surface area contributed by atoms with Crippen LogP contribution in [0.25, 0.3) is 0 Å². The monoisotopic (exact) mass is 331 g/mol. The quantitative estimate of drug-likeness (QED) is 0.845. The zero-order chi connectivity index (χ0) is 16.1. The number of hydrogen-bond acceptors (Lipinski definition) is 4. The van der Waals surface area contributed by atoms with Crippen molar-refractivity contribution in [3.05, 3.63) is 66.2 Å². The minimum atomic E-state index is -3.22. The Bertz CT molecular complexity index is 716. The Morgan fingerprint density at radius 3 is 2.35 bits per heavy atom. The molecule has 3 rings (SSSR count). The average molecular weight is 331 g/mol. The van der Waals surface area contributed by atoms with Crippen molar-refractivity contribution in [2.75, 3.05) is 32.0 Å². The highest BCUT2D eigenvalue weighted by atomic mass is 32.2. The molecule has 0 amide bonds. The fraction of sp³-hybridized carbons (Fsp3) is 0.333. The maximum Gasteiger partial charge on any atom is 0.179 e. The molecule has 4 nitrogen and oxygen atoms in total. The second-order valence-corrected chi connectivity index (χ2v) is 7.81. The van der Waals surface area contributed by atoms with Crippen LogP contribution >= 0.6 is 0 Å². The van der Waals surface area contributed by atoms with Gasteiger partial charge in [-0.1, -0.05) is 48.5 Å². The van der Waals surface area contributed by atoms with Crippen LogP contribution in [0.3, 0.4) is 0 Å². The van der Waals surface area contributed by atoms with Crippen molar-refractivity contribution < 1.29 is 13.2 Å². The van der Waals surface area contributed by atoms with Gasteiger partial charge in [0.05, 0.1) is 23.4 Å². The Labute approximate surface area is 137 Å². The predicted molar refractivity (Wildman–Crippen MR) is 90.1 cm³/mol. The molecule has 0 N–H and O–H groups in total. The van der Waals surface area contributed by atoms with Crippen LogP contribution in [-0.4, -0.2) is 45.3 Å². The fourth-order valence-corrected chi connectivity index (χ4v) is 4.08. The second-order valence-electron chi connectivity index (χ2n) is 5.70. The smallest absolute Gasteiger partial charge is 0.179 e. The first kappa shape index (κ1) is 16.2. The molecule has 122 valence electrons. The zero-order valence-electron chi connectivity index (χ0n) is 13.0. The summed E-state index contributed by atoms with van der Waals surface area (Å²) in [5.74, 6) is 0.137. The lowest BCUT2D eigenvalue weighted by atomic mass is 10.1. The molecule has 2 aromatic rings. The molecule has 0 unspecified atom stereocenters. The third-order valence-corrected chi connectivity index (χ3v) is 5.81. The van der Waals surface area contributed by atoms with Crippen molar-refractivity contribution >= 4 is 9.84 Å². The van der Waals surface area contributed by atoms with Crippen molar-refractivity contribution in [2.24, 2.45) is 0 Å². The number of benzene rings is 2. The van der Waals surface area contributed by atoms with Crippen molar-refractivity contribution in [3.63, 3.8) is 0 Å². The van der Waals surface area contributed by atoms with E-state index in [1.807, 2.05) is 24.3 Å². The highest BCUT2D eigenvalue weighted by Gasteiger charge is 2.23. The number of ether oxygens (including phenoxy) is 1. The Hall–Kier alpha value is -1.69. The van der Waals surface area contributed by atoms with Crippen LogP contribution in [0.2, 0.25) is 0 Å². The van der Waals surface area contributed by atoms with Gasteiger partial charge in [-0.15, -0.1) is 0 Å². The summed E-state index contributed by atoms with van der Waals surface area (Å²) in [7, 11) is -3.22. The van der Waals surface area contributed by atoms with Gasteiger partial charge < -0.3 is 4.74 Å². The van der Waals surface area contributed by atoms with E-state index in [4.69, 9.17) is 4.74 Å². The molecular weight excluding hydrogens is 310 g/mol. The Morgan fingerprint density at radius 2 is 1.65 bits per heavy atom. The molecule has 1 saturated heterocycles. The average Bonchev–Trinajstić information content (AvgIpc) is 2.62. The second kappa shape index (κ2) is 7.25. The third-order valence-electron chi connectivity index (χ3n) is 4.10. The largest absolute Gasteiger partial charge is 0.371 e. The van der Waals surface area contributed by atoms with E-state index in [0.717, 1.165) is 18.7 Å². The molecule has 1 heterocycles. The minimum absolute atomic E-state index is 0.0179. The van der Waals surface area contributed by atoms with Gasteiger partial charge >= 0.3 is 0 Å². The van der Waals surface area contributed by atoms with E-state index in [1.54, 1.807) is 24.3 Å². The summed E-state index contributed by atoms with van der Waals surface area (Å²) < 4.78 is 30.6. The van der Waals surface area contributed by atoms with Crippen molar-refractivity contribution in [1.29, 1.82) is 0 Å². The predicted octanol–water partition coefficient (Wildman–Crippen LogP) is 2.53. The van der Waals surface area contributed by atoms with E-state index in [-0.39, 0.29) is 11.9 Å². The minimum Gasteiger partial charge on any atom is -0.371 e. The zero-order valence-corrected chi connectivity index (χ0v) is 13.8. The van der Waals surface area contributed by atoms with Crippen molar-refractivity contribution in [1.82, 2.24) is 4.90 Å². The van der Waals surface area contributed by atoms with Gasteiger partial charge in [-0.05, 0) is 17.7 Å². The van der Waals surface area contributed by atoms with Crippen LogP contribution in [-0.2, 0) is 14.6 Å². The molecule has 0 aliphatic carbocycles. The van der Waals surface area contributed by atoms with Crippen LogP contribution in [0.4, 0.5) is 0 Å². The third kappa shape index (κ3) is 4.19. The summed E-state index contributed by atoms with van der Waals surface area (Å²) in [5, 5.41) is 0. The van der Waals surface area contributed by atoms with Crippen LogP contribution in [0.1, 0.15) is 11.7 Å². The van der Waals surface area contributed by atoms with Gasteiger partial charge in [-0.3, -0.25) is 4.90 Å². The SMILES string of the molecule is O=S(=O)(CCN1CCO[C@H](c2ccccc2)C1)c1ccccc1. The maximum atomic E-state index is 12.4. The highest BCUT2D eigenvalue weighted by molar-refractivity contribution is 7.91. The van der Waals surface area contributed by atoms with Gasteiger partial charge in [0.15, 0.2) is 9.84 Å². The lowest BCUT2D eigenvalue weighted by Gasteiger charge is -2.33. The maximum absolute atomic E-state index is 12.4. The van der Waals surface area contributed by atoms with Gasteiger partial charge in [-0.2, -0.15) is 0 Å². The van der Waals surface area contributed by atoms with Crippen molar-refractivity contribution in [3.8, 4) is 0 Å². The van der Waals surface area contributed by atoms with Crippen molar-refractivity contribution in [2.45, 2.75) is 11.0 Å². The number of nitrogens with zero attached hydrogens (tertiary/aromatic N) is 1. The molecule has 0 saturated carbocycles. The molecule has 5 heteroatoms. The molecular formula is C18H21NO3S. The standard InChI is InChI=1S/C18H21NO3S/c20-23(21,17-9-5-2-6-10-17)14-12-19-11-13-22-18(15-19)16-7-3-1-4-8-16/h1-10,18H,11-15H2/t18-/m0/s1. The molecule has 23 heavy (non-hydrogen) atoms. The first-order chi connectivity index (χ1) is 11.1. The Morgan fingerprint density at radius 1 is 1.00 bits per heavy atom. The summed E-state index contributed by atoms with van der Waals surface area (Å²) in [5.41, 5.74) is 1.14. The molecule has 1 aliphatic rings. The topological polar surface area (TPSA) is 46.6 Å². The Balaban J connectivity index is 1.60. The lowest BCUT2D eigenvalue weighted by Crippen LogP contribution is -2.40. The molecule has 1 aliphatic heterocycles. The first-order valence-electron chi connectivity index (χ1n) is 7.82. The summed E-state index contributed by atoms with van der Waals surface area (Å²) in [6, 6.07) is 18.7. The van der Waals surface area contributed by atoms with Gasteiger partial charge in [0.2, 0.25) is 0 Å². The van der Waals surface area contributed by atoms with Gasteiger partial charge in [0, 0.05) is 19.6 Å². The van der Waals surface area contributed by atoms with Crippen LogP contribution in [0.5, 0.6) is 0 Å². The van der Waals surface area contributed by atoms with E-state index < -0.39 is 9.84 Å². The van der Waals surface area contributed by atoms with E-state index >= 15 is 0 Å². The van der Waals surface area contributed by atoms with Gasteiger partial charge in [-0.25, -0.2) is 8.42 Å². The van der Waals surface area contributed by atoms with E-state index in [2.05, 4.69) is 17.0 Å². The van der Waals surface area contributed by atoms with E-state index in [9.17, 15) is 8.42 Å². The first-order valence-corrected chi connectivity index (χ1v) is 9.47. The number of sulfone groups is 1. The molecule has 0 aromatic heterocycles. The van der Waals surface area contributed by atoms with Gasteiger partial charge in [0.1, 0.15) is 0 Å². The van der Waals surface area contributed by atoms with E-state index in [1.165, 1.54) is 0 Å². The Kier molecular flexibility index (Phi) is 5.10. The normalized spacial score (nSPS) is 19.6. The molecule has 0 bridgehead atoms. The summed E-state index contributed by atoms with van der Waals surface area (Å²) in [4.78, 5) is 2.56. The number of rotatable bonds is 5. The van der Waals surface area contributed by atoms with Crippen LogP contribution in [0, 0.1) is 0 Å². The molecule has 0 radical (unpaired) electrons. The lowest BCUT2D eigenvalue weighted by molar-refractivity contribution is -0.0279. The molecule has 2 aromatic carbocycles. The summed E-state index contributed by atoms with van der Waals surface area (Å²) in [6.45, 7) is 2.66. The fourth-order valence-electron chi connectivity index (χ4n) is 2.77. The van der Waals surface area contributed by atoms with Crippen LogP contribution in [0.15, 0.2) is 65.6 Å². The van der Waals surface area contributed by atoms with Gasteiger partial charge in [0.25, 0.3) is 0 Å². The molecule has 0 spiro atoms.